The van der Waals surface area contributed by atoms with Crippen LogP contribution in [0.25, 0.3) is 11.4 Å². The van der Waals surface area contributed by atoms with Gasteiger partial charge in [-0.15, -0.1) is 5.10 Å². The topological polar surface area (TPSA) is 65.1 Å². The molecule has 3 aromatic rings. The zero-order chi connectivity index (χ0) is 20.1. The summed E-state index contributed by atoms with van der Waals surface area (Å²) in [5, 5.41) is 7.81. The zero-order valence-corrected chi connectivity index (χ0v) is 17.4. The number of benzene rings is 2. The minimum Gasteiger partial charge on any atom is -0.339 e. The van der Waals surface area contributed by atoms with Gasteiger partial charge >= 0.3 is 0 Å². The number of nitrogens with zero attached hydrogens (tertiary/aromatic N) is 4. The molecule has 1 aromatic heterocycles. The van der Waals surface area contributed by atoms with Crippen molar-refractivity contribution in [2.45, 2.75) is 18.6 Å². The standard InChI is InChI=1S/C22H25N5OS/c1-17-7-9-19(10-8-17)21-23-22(25-24-21)29-16-20(28)27-13-11-26(12-14-27)15-18-5-3-2-4-6-18/h2-10H,11-16H2,1H3,(H,23,24,25). The molecule has 29 heavy (non-hydrogen) atoms. The van der Waals surface area contributed by atoms with E-state index < -0.39 is 0 Å². The van der Waals surface area contributed by atoms with E-state index in [9.17, 15) is 4.79 Å². The molecule has 0 spiro atoms. The Balaban J connectivity index is 1.24. The summed E-state index contributed by atoms with van der Waals surface area (Å²) < 4.78 is 0. The van der Waals surface area contributed by atoms with E-state index >= 15 is 0 Å². The second-order valence-corrected chi connectivity index (χ2v) is 8.21. The minimum atomic E-state index is 0.149. The fourth-order valence-electron chi connectivity index (χ4n) is 3.37. The molecule has 0 aliphatic carbocycles. The first-order valence-electron chi connectivity index (χ1n) is 9.84. The molecule has 1 aliphatic rings. The Labute approximate surface area is 175 Å². The number of amides is 1. The number of aryl methyl sites for hydroxylation is 1. The van der Waals surface area contributed by atoms with Gasteiger partial charge in [-0.25, -0.2) is 4.98 Å². The molecule has 4 rings (SSSR count). The van der Waals surface area contributed by atoms with Gasteiger partial charge in [0.2, 0.25) is 11.1 Å². The first kappa shape index (κ1) is 19.7. The van der Waals surface area contributed by atoms with Crippen molar-refractivity contribution in [2.75, 3.05) is 31.9 Å². The lowest BCUT2D eigenvalue weighted by atomic mass is 10.1. The number of carbonyl (C=O) groups is 1. The number of H-pyrrole nitrogens is 1. The van der Waals surface area contributed by atoms with Crippen LogP contribution in [0.5, 0.6) is 0 Å². The summed E-state index contributed by atoms with van der Waals surface area (Å²) in [7, 11) is 0. The maximum Gasteiger partial charge on any atom is 0.233 e. The molecular formula is C22H25N5OS. The van der Waals surface area contributed by atoms with Crippen molar-refractivity contribution in [3.63, 3.8) is 0 Å². The average Bonchev–Trinajstić information content (AvgIpc) is 3.23. The van der Waals surface area contributed by atoms with Crippen LogP contribution in [0.2, 0.25) is 0 Å². The molecule has 1 N–H and O–H groups in total. The van der Waals surface area contributed by atoms with Crippen LogP contribution in [-0.2, 0) is 11.3 Å². The zero-order valence-electron chi connectivity index (χ0n) is 16.5. The van der Waals surface area contributed by atoms with Crippen molar-refractivity contribution in [3.8, 4) is 11.4 Å². The lowest BCUT2D eigenvalue weighted by Crippen LogP contribution is -2.48. The Kier molecular flexibility index (Phi) is 6.27. The molecule has 2 heterocycles. The lowest BCUT2D eigenvalue weighted by Gasteiger charge is -2.34. The van der Waals surface area contributed by atoms with Gasteiger partial charge in [0.1, 0.15) is 0 Å². The average molecular weight is 408 g/mol. The summed E-state index contributed by atoms with van der Waals surface area (Å²) in [5.74, 6) is 1.25. The molecule has 0 atom stereocenters. The maximum absolute atomic E-state index is 12.6. The summed E-state index contributed by atoms with van der Waals surface area (Å²) in [5.41, 5.74) is 3.52. The molecule has 1 fully saturated rings. The van der Waals surface area contributed by atoms with E-state index in [-0.39, 0.29) is 5.91 Å². The third kappa shape index (κ3) is 5.25. The molecular weight excluding hydrogens is 382 g/mol. The van der Waals surface area contributed by atoms with Crippen molar-refractivity contribution >= 4 is 17.7 Å². The molecule has 150 valence electrons. The molecule has 6 nitrogen and oxygen atoms in total. The highest BCUT2D eigenvalue weighted by Crippen LogP contribution is 2.20. The van der Waals surface area contributed by atoms with Crippen LogP contribution in [0.15, 0.2) is 59.8 Å². The molecule has 1 aliphatic heterocycles. The molecule has 2 aromatic carbocycles. The Morgan fingerprint density at radius 2 is 1.76 bits per heavy atom. The highest BCUT2D eigenvalue weighted by atomic mass is 32.2. The van der Waals surface area contributed by atoms with E-state index in [0.717, 1.165) is 44.1 Å². The number of nitrogens with one attached hydrogen (secondary N) is 1. The van der Waals surface area contributed by atoms with Gasteiger partial charge in [-0.2, -0.15) is 0 Å². The molecule has 7 heteroatoms. The van der Waals surface area contributed by atoms with Gasteiger partial charge in [0.05, 0.1) is 5.75 Å². The summed E-state index contributed by atoms with van der Waals surface area (Å²) in [6.45, 7) is 6.35. The van der Waals surface area contributed by atoms with Crippen LogP contribution in [0.1, 0.15) is 11.1 Å². The molecule has 0 bridgehead atoms. The van der Waals surface area contributed by atoms with Gasteiger partial charge in [-0.3, -0.25) is 14.8 Å². The van der Waals surface area contributed by atoms with E-state index in [1.165, 1.54) is 22.9 Å². The van der Waals surface area contributed by atoms with Crippen LogP contribution in [0.3, 0.4) is 0 Å². The summed E-state index contributed by atoms with van der Waals surface area (Å²) in [4.78, 5) is 21.4. The fourth-order valence-corrected chi connectivity index (χ4v) is 4.07. The number of aromatic nitrogens is 3. The Morgan fingerprint density at radius 3 is 2.48 bits per heavy atom. The van der Waals surface area contributed by atoms with Crippen LogP contribution in [0, 0.1) is 6.92 Å². The second-order valence-electron chi connectivity index (χ2n) is 7.26. The molecule has 0 saturated carbocycles. The quantitative estimate of drug-likeness (QED) is 0.636. The number of carbonyl (C=O) groups excluding carboxylic acids is 1. The Morgan fingerprint density at radius 1 is 1.03 bits per heavy atom. The van der Waals surface area contributed by atoms with Crippen molar-refractivity contribution in [3.05, 3.63) is 65.7 Å². The van der Waals surface area contributed by atoms with Crippen molar-refractivity contribution < 1.29 is 4.79 Å². The van der Waals surface area contributed by atoms with Gasteiger partial charge in [0.25, 0.3) is 0 Å². The highest BCUT2D eigenvalue weighted by Gasteiger charge is 2.21. The van der Waals surface area contributed by atoms with E-state index in [1.807, 2.05) is 35.2 Å². The van der Waals surface area contributed by atoms with Gasteiger partial charge in [-0.05, 0) is 12.5 Å². The van der Waals surface area contributed by atoms with E-state index in [1.54, 1.807) is 0 Å². The minimum absolute atomic E-state index is 0.149. The normalized spacial score (nSPS) is 14.9. The molecule has 1 saturated heterocycles. The predicted molar refractivity (Wildman–Crippen MR) is 116 cm³/mol. The molecule has 0 radical (unpaired) electrons. The van der Waals surface area contributed by atoms with Crippen molar-refractivity contribution in [1.82, 2.24) is 25.0 Å². The van der Waals surface area contributed by atoms with Crippen LogP contribution < -0.4 is 0 Å². The second kappa shape index (κ2) is 9.24. The van der Waals surface area contributed by atoms with E-state index in [4.69, 9.17) is 0 Å². The first-order chi connectivity index (χ1) is 14.2. The summed E-state index contributed by atoms with van der Waals surface area (Å²) >= 11 is 1.39. The fraction of sp³-hybridized carbons (Fsp3) is 0.318. The predicted octanol–water partition coefficient (Wildman–Crippen LogP) is 3.22. The Hall–Kier alpha value is -2.64. The third-order valence-corrected chi connectivity index (χ3v) is 5.92. The van der Waals surface area contributed by atoms with Gasteiger partial charge < -0.3 is 4.90 Å². The van der Waals surface area contributed by atoms with Crippen molar-refractivity contribution in [1.29, 1.82) is 0 Å². The summed E-state index contributed by atoms with van der Waals surface area (Å²) in [6.07, 6.45) is 0. The van der Waals surface area contributed by atoms with E-state index in [0.29, 0.717) is 10.9 Å². The number of hydrogen-bond donors (Lipinski definition) is 1. The SMILES string of the molecule is Cc1ccc(-c2nc(SCC(=O)N3CCN(Cc4ccccc4)CC3)n[nH]2)cc1. The van der Waals surface area contributed by atoms with Crippen LogP contribution in [-0.4, -0.2) is 62.8 Å². The first-order valence-corrected chi connectivity index (χ1v) is 10.8. The number of thioether (sulfide) groups is 1. The largest absolute Gasteiger partial charge is 0.339 e. The van der Waals surface area contributed by atoms with Gasteiger partial charge in [0, 0.05) is 38.3 Å². The smallest absolute Gasteiger partial charge is 0.233 e. The van der Waals surface area contributed by atoms with Crippen LogP contribution in [0.4, 0.5) is 0 Å². The monoisotopic (exact) mass is 407 g/mol. The number of aromatic amines is 1. The Bertz CT molecular complexity index is 933. The van der Waals surface area contributed by atoms with E-state index in [2.05, 4.69) is 51.3 Å². The van der Waals surface area contributed by atoms with Crippen LogP contribution >= 0.6 is 11.8 Å². The number of hydrogen-bond acceptors (Lipinski definition) is 5. The molecule has 1 amide bonds. The number of piperazine rings is 1. The highest BCUT2D eigenvalue weighted by molar-refractivity contribution is 7.99. The third-order valence-electron chi connectivity index (χ3n) is 5.09. The lowest BCUT2D eigenvalue weighted by molar-refractivity contribution is -0.130. The number of rotatable bonds is 6. The maximum atomic E-state index is 12.6. The van der Waals surface area contributed by atoms with Crippen molar-refractivity contribution in [2.24, 2.45) is 0 Å². The van der Waals surface area contributed by atoms with Gasteiger partial charge in [0.15, 0.2) is 5.82 Å². The molecule has 0 unspecified atom stereocenters. The van der Waals surface area contributed by atoms with Gasteiger partial charge in [-0.1, -0.05) is 71.9 Å². The summed E-state index contributed by atoms with van der Waals surface area (Å²) in [6, 6.07) is 18.6.